The molecule has 1 aliphatic rings. The van der Waals surface area contributed by atoms with Crippen molar-refractivity contribution in [2.45, 2.75) is 31.9 Å². The van der Waals surface area contributed by atoms with Crippen LogP contribution in [0.4, 0.5) is 4.39 Å². The number of hydrogen-bond donors (Lipinski definition) is 3. The van der Waals surface area contributed by atoms with Gasteiger partial charge in [0, 0.05) is 39.3 Å². The van der Waals surface area contributed by atoms with E-state index in [0.717, 1.165) is 0 Å². The van der Waals surface area contributed by atoms with E-state index in [-0.39, 0.29) is 51.6 Å². The van der Waals surface area contributed by atoms with Crippen molar-refractivity contribution in [3.63, 3.8) is 0 Å². The topological polar surface area (TPSA) is 110 Å². The molecule has 8 nitrogen and oxygen atoms in total. The van der Waals surface area contributed by atoms with Gasteiger partial charge in [0.1, 0.15) is 11.9 Å². The predicted molar refractivity (Wildman–Crippen MR) is 97.3 cm³/mol. The Bertz CT molecular complexity index is 706. The number of benzene rings is 1. The van der Waals surface area contributed by atoms with Crippen molar-refractivity contribution in [1.29, 1.82) is 0 Å². The van der Waals surface area contributed by atoms with E-state index in [1.165, 1.54) is 33.5 Å². The second-order valence-electron chi connectivity index (χ2n) is 6.41. The Morgan fingerprint density at radius 1 is 1.15 bits per heavy atom. The summed E-state index contributed by atoms with van der Waals surface area (Å²) in [6.45, 7) is 0.732. The first-order valence-electron chi connectivity index (χ1n) is 8.90. The Morgan fingerprint density at radius 3 is 2.37 bits per heavy atom. The van der Waals surface area contributed by atoms with Gasteiger partial charge in [-0.05, 0) is 37.0 Å². The maximum absolute atomic E-state index is 12.9. The van der Waals surface area contributed by atoms with Crippen LogP contribution in [0.15, 0.2) is 24.3 Å². The zero-order chi connectivity index (χ0) is 19.9. The summed E-state index contributed by atoms with van der Waals surface area (Å²) >= 11 is 0. The molecule has 1 heterocycles. The number of nitrogens with one attached hydrogen (secondary N) is 1. The van der Waals surface area contributed by atoms with Gasteiger partial charge in [-0.3, -0.25) is 4.79 Å². The number of carbonyl (C=O) groups is 1. The van der Waals surface area contributed by atoms with Gasteiger partial charge in [0.15, 0.2) is 0 Å². The highest BCUT2D eigenvalue weighted by Gasteiger charge is 2.30. The van der Waals surface area contributed by atoms with Crippen LogP contribution in [0.3, 0.4) is 0 Å². The zero-order valence-electron chi connectivity index (χ0n) is 15.1. The van der Waals surface area contributed by atoms with Gasteiger partial charge in [0.2, 0.25) is 0 Å². The lowest BCUT2D eigenvalue weighted by Gasteiger charge is -2.34. The molecule has 1 atom stereocenters. The third kappa shape index (κ3) is 6.51. The molecule has 0 aliphatic carbocycles. The molecule has 3 N–H and O–H groups in total. The lowest BCUT2D eigenvalue weighted by atomic mass is 10.1. The van der Waals surface area contributed by atoms with E-state index in [9.17, 15) is 22.7 Å². The second kappa shape index (κ2) is 10.1. The van der Waals surface area contributed by atoms with Crippen LogP contribution < -0.4 is 4.72 Å². The Labute approximate surface area is 158 Å². The molecule has 2 rings (SSSR count). The second-order valence-corrected chi connectivity index (χ2v) is 8.17. The van der Waals surface area contributed by atoms with Crippen LogP contribution in [-0.4, -0.2) is 72.6 Å². The van der Waals surface area contributed by atoms with E-state index in [0.29, 0.717) is 18.4 Å². The van der Waals surface area contributed by atoms with Gasteiger partial charge in [-0.25, -0.2) is 4.39 Å². The minimum Gasteiger partial charge on any atom is -0.396 e. The van der Waals surface area contributed by atoms with Gasteiger partial charge < -0.3 is 15.1 Å². The first kappa shape index (κ1) is 21.7. The molecule has 0 aromatic heterocycles. The number of piperazine rings is 1. The van der Waals surface area contributed by atoms with Crippen LogP contribution in [0.25, 0.3) is 0 Å². The van der Waals surface area contributed by atoms with E-state index in [4.69, 9.17) is 5.11 Å². The Kier molecular flexibility index (Phi) is 8.11. The number of hydrogen-bond acceptors (Lipinski definition) is 5. The summed E-state index contributed by atoms with van der Waals surface area (Å²) in [6, 6.07) is 5.54. The molecule has 0 bridgehead atoms. The molecule has 1 amide bonds. The van der Waals surface area contributed by atoms with Crippen LogP contribution in [0.1, 0.15) is 24.8 Å². The fourth-order valence-corrected chi connectivity index (χ4v) is 3.98. The number of carbonyl (C=O) groups excluding carboxylic acids is 1. The molecule has 152 valence electrons. The molecule has 1 unspecified atom stereocenters. The molecule has 1 fully saturated rings. The van der Waals surface area contributed by atoms with Crippen molar-refractivity contribution >= 4 is 16.1 Å². The Hall–Kier alpha value is -1.59. The van der Waals surface area contributed by atoms with Crippen molar-refractivity contribution in [2.75, 3.05) is 32.8 Å². The number of unbranched alkanes of at least 4 members (excludes halogenated alkanes) is 1. The van der Waals surface area contributed by atoms with Crippen molar-refractivity contribution in [3.05, 3.63) is 35.6 Å². The van der Waals surface area contributed by atoms with E-state index in [1.807, 2.05) is 0 Å². The van der Waals surface area contributed by atoms with Gasteiger partial charge in [-0.1, -0.05) is 12.1 Å². The lowest BCUT2D eigenvalue weighted by molar-refractivity contribution is -0.141. The summed E-state index contributed by atoms with van der Waals surface area (Å²) in [5, 5.41) is 18.6. The van der Waals surface area contributed by atoms with Gasteiger partial charge in [0.05, 0.1) is 0 Å². The molecule has 0 saturated carbocycles. The molecule has 1 saturated heterocycles. The summed E-state index contributed by atoms with van der Waals surface area (Å²) < 4.78 is 41.4. The fourth-order valence-electron chi connectivity index (χ4n) is 2.80. The maximum Gasteiger partial charge on any atom is 0.279 e. The smallest absolute Gasteiger partial charge is 0.279 e. The zero-order valence-corrected chi connectivity index (χ0v) is 15.9. The first-order valence-corrected chi connectivity index (χ1v) is 10.3. The summed E-state index contributed by atoms with van der Waals surface area (Å²) in [5.74, 6) is -0.801. The number of aliphatic hydroxyl groups excluding tert-OH is 2. The summed E-state index contributed by atoms with van der Waals surface area (Å²) in [4.78, 5) is 13.6. The van der Waals surface area contributed by atoms with Crippen molar-refractivity contribution in [2.24, 2.45) is 0 Å². The number of rotatable bonds is 9. The molecule has 1 aromatic carbocycles. The SMILES string of the molecule is O=C(C(O)CCCCO)N1CCN(S(=O)(=O)NCc2ccc(F)cc2)CC1. The summed E-state index contributed by atoms with van der Waals surface area (Å²) in [7, 11) is -3.72. The normalized spacial score (nSPS) is 17.1. The van der Waals surface area contributed by atoms with Gasteiger partial charge >= 0.3 is 0 Å². The molecule has 0 spiro atoms. The molecule has 1 aliphatic heterocycles. The molecular formula is C17H26FN3O5S. The molecule has 10 heteroatoms. The number of nitrogens with zero attached hydrogens (tertiary/aromatic N) is 2. The maximum atomic E-state index is 12.9. The van der Waals surface area contributed by atoms with Crippen molar-refractivity contribution < 1.29 is 27.8 Å². The van der Waals surface area contributed by atoms with Crippen molar-refractivity contribution in [1.82, 2.24) is 13.9 Å². The fraction of sp³-hybridized carbons (Fsp3) is 0.588. The van der Waals surface area contributed by atoms with Crippen LogP contribution in [0.2, 0.25) is 0 Å². The number of halogens is 1. The lowest BCUT2D eigenvalue weighted by Crippen LogP contribution is -2.54. The molecule has 1 aromatic rings. The first-order chi connectivity index (χ1) is 12.8. The Balaban J connectivity index is 1.81. The van der Waals surface area contributed by atoms with Gasteiger partial charge in [-0.2, -0.15) is 17.4 Å². The van der Waals surface area contributed by atoms with Gasteiger partial charge in [-0.15, -0.1) is 0 Å². The predicted octanol–water partition coefficient (Wildman–Crippen LogP) is -0.172. The molecular weight excluding hydrogens is 377 g/mol. The number of aliphatic hydroxyl groups is 2. The van der Waals surface area contributed by atoms with Crippen LogP contribution in [0, 0.1) is 5.82 Å². The highest BCUT2D eigenvalue weighted by molar-refractivity contribution is 7.87. The van der Waals surface area contributed by atoms with E-state index >= 15 is 0 Å². The Morgan fingerprint density at radius 2 is 1.78 bits per heavy atom. The molecule has 0 radical (unpaired) electrons. The third-order valence-electron chi connectivity index (χ3n) is 4.43. The van der Waals surface area contributed by atoms with Crippen LogP contribution in [0.5, 0.6) is 0 Å². The monoisotopic (exact) mass is 403 g/mol. The largest absolute Gasteiger partial charge is 0.396 e. The molecule has 27 heavy (non-hydrogen) atoms. The van der Waals surface area contributed by atoms with E-state index < -0.39 is 22.2 Å². The quantitative estimate of drug-likeness (QED) is 0.496. The van der Waals surface area contributed by atoms with Crippen molar-refractivity contribution in [3.8, 4) is 0 Å². The van der Waals surface area contributed by atoms with E-state index in [1.54, 1.807) is 0 Å². The highest BCUT2D eigenvalue weighted by Crippen LogP contribution is 2.11. The minimum absolute atomic E-state index is 0.0162. The minimum atomic E-state index is -3.72. The highest BCUT2D eigenvalue weighted by atomic mass is 32.2. The number of amides is 1. The van der Waals surface area contributed by atoms with Crippen LogP contribution in [-0.2, 0) is 21.5 Å². The standard InChI is InChI=1S/C17H26FN3O5S/c18-15-6-4-14(5-7-15)13-19-27(25,26)21-10-8-20(9-11-21)17(24)16(23)3-1-2-12-22/h4-7,16,19,22-23H,1-3,8-13H2. The average Bonchev–Trinajstić information content (AvgIpc) is 2.67. The van der Waals surface area contributed by atoms with E-state index in [2.05, 4.69) is 4.72 Å². The third-order valence-corrected chi connectivity index (χ3v) is 5.99. The average molecular weight is 403 g/mol. The summed E-state index contributed by atoms with van der Waals surface area (Å²) in [5.41, 5.74) is 0.639. The van der Waals surface area contributed by atoms with Gasteiger partial charge in [0.25, 0.3) is 16.1 Å². The van der Waals surface area contributed by atoms with Crippen LogP contribution >= 0.6 is 0 Å². The summed E-state index contributed by atoms with van der Waals surface area (Å²) in [6.07, 6.45) is 0.217.